The van der Waals surface area contributed by atoms with Crippen molar-refractivity contribution in [2.24, 2.45) is 0 Å². The van der Waals surface area contributed by atoms with Gasteiger partial charge >= 0.3 is 0 Å². The zero-order valence-corrected chi connectivity index (χ0v) is 17.2. The maximum Gasteiger partial charge on any atom is 0.142 e. The fraction of sp³-hybridized carbons (Fsp3) is 0.455. The van der Waals surface area contributed by atoms with E-state index >= 15 is 0 Å². The second-order valence-corrected chi connectivity index (χ2v) is 6.94. The summed E-state index contributed by atoms with van der Waals surface area (Å²) in [5, 5.41) is 3.62. The molecule has 1 heterocycles. The summed E-state index contributed by atoms with van der Waals surface area (Å²) < 4.78 is 21.6. The molecule has 152 valence electrons. The van der Waals surface area contributed by atoms with Crippen molar-refractivity contribution >= 4 is 5.69 Å². The lowest BCUT2D eigenvalue weighted by Gasteiger charge is -2.33. The number of hydrogen-bond acceptors (Lipinski definition) is 6. The lowest BCUT2D eigenvalue weighted by Crippen LogP contribution is -2.38. The van der Waals surface area contributed by atoms with Gasteiger partial charge in [-0.2, -0.15) is 0 Å². The number of hydrogen-bond donors (Lipinski definition) is 1. The van der Waals surface area contributed by atoms with E-state index in [9.17, 15) is 0 Å². The van der Waals surface area contributed by atoms with E-state index in [0.29, 0.717) is 6.04 Å². The Morgan fingerprint density at radius 1 is 0.821 bits per heavy atom. The first kappa shape index (κ1) is 20.1. The number of benzene rings is 2. The standard InChI is InChI=1S/C22H30N2O4/c1-25-18-7-8-21(27-3)20(13-18)23-17-9-11-24(12-10-17)15-16-5-6-19(26-2)14-22(16)28-4/h5-8,13-14,17,23H,9-12,15H2,1-4H3. The lowest BCUT2D eigenvalue weighted by atomic mass is 10.0. The SMILES string of the molecule is COc1ccc(OC)c(NC2CCN(Cc3ccc(OC)cc3OC)CC2)c1. The molecule has 0 bridgehead atoms. The highest BCUT2D eigenvalue weighted by molar-refractivity contribution is 5.60. The van der Waals surface area contributed by atoms with Crippen molar-refractivity contribution in [2.45, 2.75) is 25.4 Å². The number of nitrogens with one attached hydrogen (secondary N) is 1. The molecule has 6 nitrogen and oxygen atoms in total. The van der Waals surface area contributed by atoms with Crippen LogP contribution in [0.25, 0.3) is 0 Å². The van der Waals surface area contributed by atoms with Crippen LogP contribution in [0.5, 0.6) is 23.0 Å². The number of anilines is 1. The molecular weight excluding hydrogens is 356 g/mol. The largest absolute Gasteiger partial charge is 0.497 e. The topological polar surface area (TPSA) is 52.2 Å². The van der Waals surface area contributed by atoms with Crippen LogP contribution in [0, 0.1) is 0 Å². The minimum absolute atomic E-state index is 0.412. The Kier molecular flexibility index (Phi) is 6.87. The van der Waals surface area contributed by atoms with Gasteiger partial charge in [-0.3, -0.25) is 4.90 Å². The van der Waals surface area contributed by atoms with Crippen molar-refractivity contribution in [3.8, 4) is 23.0 Å². The van der Waals surface area contributed by atoms with Crippen molar-refractivity contribution in [2.75, 3.05) is 46.8 Å². The fourth-order valence-electron chi connectivity index (χ4n) is 3.61. The average Bonchev–Trinajstić information content (AvgIpc) is 2.75. The van der Waals surface area contributed by atoms with Gasteiger partial charge in [0.1, 0.15) is 23.0 Å². The van der Waals surface area contributed by atoms with Crippen molar-refractivity contribution < 1.29 is 18.9 Å². The van der Waals surface area contributed by atoms with E-state index in [1.807, 2.05) is 30.3 Å². The molecule has 2 aromatic rings. The highest BCUT2D eigenvalue weighted by Gasteiger charge is 2.21. The number of methoxy groups -OCH3 is 4. The normalized spacial score (nSPS) is 15.1. The van der Waals surface area contributed by atoms with E-state index in [1.54, 1.807) is 28.4 Å². The summed E-state index contributed by atoms with van der Waals surface area (Å²) in [6.07, 6.45) is 2.14. The molecule has 0 aliphatic carbocycles. The summed E-state index contributed by atoms with van der Waals surface area (Å²) in [4.78, 5) is 2.46. The lowest BCUT2D eigenvalue weighted by molar-refractivity contribution is 0.208. The van der Waals surface area contributed by atoms with Crippen molar-refractivity contribution in [1.82, 2.24) is 4.90 Å². The molecule has 0 atom stereocenters. The number of likely N-dealkylation sites (tertiary alicyclic amines) is 1. The number of ether oxygens (including phenoxy) is 4. The monoisotopic (exact) mass is 386 g/mol. The van der Waals surface area contributed by atoms with E-state index in [-0.39, 0.29) is 0 Å². The highest BCUT2D eigenvalue weighted by atomic mass is 16.5. The predicted molar refractivity (Wildman–Crippen MR) is 111 cm³/mol. The van der Waals surface area contributed by atoms with Gasteiger partial charge in [0.2, 0.25) is 0 Å². The van der Waals surface area contributed by atoms with Crippen LogP contribution in [0.15, 0.2) is 36.4 Å². The maximum atomic E-state index is 5.53. The van der Waals surface area contributed by atoms with Gasteiger partial charge in [-0.25, -0.2) is 0 Å². The van der Waals surface area contributed by atoms with E-state index in [1.165, 1.54) is 5.56 Å². The molecule has 28 heavy (non-hydrogen) atoms. The second kappa shape index (κ2) is 9.55. The molecule has 1 saturated heterocycles. The minimum Gasteiger partial charge on any atom is -0.497 e. The molecule has 1 aliphatic heterocycles. The van der Waals surface area contributed by atoms with Gasteiger partial charge in [0.15, 0.2) is 0 Å². The fourth-order valence-corrected chi connectivity index (χ4v) is 3.61. The van der Waals surface area contributed by atoms with Gasteiger partial charge in [0.05, 0.1) is 34.1 Å². The van der Waals surface area contributed by atoms with Crippen LogP contribution < -0.4 is 24.3 Å². The van der Waals surface area contributed by atoms with Crippen LogP contribution >= 0.6 is 0 Å². The molecule has 1 aliphatic rings. The van der Waals surface area contributed by atoms with Gasteiger partial charge in [0.25, 0.3) is 0 Å². The molecule has 1 fully saturated rings. The van der Waals surface area contributed by atoms with Crippen LogP contribution in [-0.2, 0) is 6.54 Å². The Labute approximate surface area is 167 Å². The zero-order chi connectivity index (χ0) is 19.9. The van der Waals surface area contributed by atoms with Crippen LogP contribution in [0.4, 0.5) is 5.69 Å². The Balaban J connectivity index is 1.58. The Morgan fingerprint density at radius 2 is 1.46 bits per heavy atom. The number of piperidine rings is 1. The molecular formula is C22H30N2O4. The number of nitrogens with zero attached hydrogens (tertiary/aromatic N) is 1. The first-order valence-electron chi connectivity index (χ1n) is 9.58. The second-order valence-electron chi connectivity index (χ2n) is 6.94. The third-order valence-corrected chi connectivity index (χ3v) is 5.24. The van der Waals surface area contributed by atoms with Crippen LogP contribution in [0.2, 0.25) is 0 Å². The predicted octanol–water partition coefficient (Wildman–Crippen LogP) is 3.80. The third-order valence-electron chi connectivity index (χ3n) is 5.24. The molecule has 0 aromatic heterocycles. The maximum absolute atomic E-state index is 5.53. The smallest absolute Gasteiger partial charge is 0.142 e. The first-order valence-corrected chi connectivity index (χ1v) is 9.58. The highest BCUT2D eigenvalue weighted by Crippen LogP contribution is 2.31. The van der Waals surface area contributed by atoms with Crippen LogP contribution in [0.1, 0.15) is 18.4 Å². The first-order chi connectivity index (χ1) is 13.7. The molecule has 0 spiro atoms. The molecule has 3 rings (SSSR count). The van der Waals surface area contributed by atoms with Gasteiger partial charge in [-0.1, -0.05) is 6.07 Å². The summed E-state index contributed by atoms with van der Waals surface area (Å²) in [5.41, 5.74) is 2.17. The van der Waals surface area contributed by atoms with Crippen LogP contribution in [-0.4, -0.2) is 52.5 Å². The van der Waals surface area contributed by atoms with Gasteiger partial charge in [-0.15, -0.1) is 0 Å². The number of rotatable bonds is 8. The molecule has 0 unspecified atom stereocenters. The van der Waals surface area contributed by atoms with Crippen molar-refractivity contribution in [3.63, 3.8) is 0 Å². The zero-order valence-electron chi connectivity index (χ0n) is 17.2. The van der Waals surface area contributed by atoms with Gasteiger partial charge in [0, 0.05) is 43.4 Å². The summed E-state index contributed by atoms with van der Waals surface area (Å²) in [5.74, 6) is 3.36. The summed E-state index contributed by atoms with van der Waals surface area (Å²) in [7, 11) is 6.74. The van der Waals surface area contributed by atoms with Crippen molar-refractivity contribution in [1.29, 1.82) is 0 Å². The summed E-state index contributed by atoms with van der Waals surface area (Å²) in [6.45, 7) is 2.93. The van der Waals surface area contributed by atoms with Crippen LogP contribution in [0.3, 0.4) is 0 Å². The van der Waals surface area contributed by atoms with Gasteiger partial charge < -0.3 is 24.3 Å². The van der Waals surface area contributed by atoms with E-state index in [0.717, 1.165) is 61.2 Å². The summed E-state index contributed by atoms with van der Waals surface area (Å²) >= 11 is 0. The van der Waals surface area contributed by atoms with Crippen molar-refractivity contribution in [3.05, 3.63) is 42.0 Å². The van der Waals surface area contributed by atoms with E-state index in [2.05, 4.69) is 16.3 Å². The quantitative estimate of drug-likeness (QED) is 0.745. The minimum atomic E-state index is 0.412. The molecule has 1 N–H and O–H groups in total. The van der Waals surface area contributed by atoms with E-state index < -0.39 is 0 Å². The molecule has 6 heteroatoms. The Hall–Kier alpha value is -2.60. The average molecular weight is 386 g/mol. The molecule has 2 aromatic carbocycles. The molecule has 0 radical (unpaired) electrons. The molecule has 0 amide bonds. The third kappa shape index (κ3) is 4.81. The Bertz CT molecular complexity index is 773. The van der Waals surface area contributed by atoms with Gasteiger partial charge in [-0.05, 0) is 31.0 Å². The summed E-state index contributed by atoms with van der Waals surface area (Å²) in [6, 6.07) is 12.3. The van der Waals surface area contributed by atoms with E-state index in [4.69, 9.17) is 18.9 Å². The molecule has 0 saturated carbocycles. The Morgan fingerprint density at radius 3 is 2.11 bits per heavy atom.